The van der Waals surface area contributed by atoms with Gasteiger partial charge in [-0.25, -0.2) is 4.79 Å². The van der Waals surface area contributed by atoms with Gasteiger partial charge in [0.05, 0.1) is 18.1 Å². The lowest BCUT2D eigenvalue weighted by atomic mass is 9.96. The Kier molecular flexibility index (Phi) is 14.0. The molecule has 0 bridgehead atoms. The predicted molar refractivity (Wildman–Crippen MR) is 128 cm³/mol. The van der Waals surface area contributed by atoms with Crippen LogP contribution >= 0.6 is 11.6 Å². The van der Waals surface area contributed by atoms with Gasteiger partial charge in [-0.2, -0.15) is 0 Å². The third kappa shape index (κ3) is 11.3. The maximum Gasteiger partial charge on any atom is 0.338 e. The highest BCUT2D eigenvalue weighted by atomic mass is 35.5. The third-order valence-corrected chi connectivity index (χ3v) is 5.31. The zero-order valence-electron chi connectivity index (χ0n) is 19.3. The Bertz CT molecular complexity index is 767. The summed E-state index contributed by atoms with van der Waals surface area (Å²) in [6.45, 7) is 5.76. The summed E-state index contributed by atoms with van der Waals surface area (Å²) < 4.78 is 10.9. The second-order valence-electron chi connectivity index (χ2n) is 7.70. The summed E-state index contributed by atoms with van der Waals surface area (Å²) in [7, 11) is 0. The van der Waals surface area contributed by atoms with E-state index in [1.54, 1.807) is 43.3 Å². The molecule has 2 unspecified atom stereocenters. The van der Waals surface area contributed by atoms with Crippen molar-refractivity contribution in [1.29, 1.82) is 0 Å². The molecule has 0 aliphatic heterocycles. The van der Waals surface area contributed by atoms with Crippen LogP contribution in [0, 0.1) is 5.92 Å². The van der Waals surface area contributed by atoms with Gasteiger partial charge in [-0.05, 0) is 43.7 Å². The summed E-state index contributed by atoms with van der Waals surface area (Å²) in [4.78, 5) is 37.0. The molecule has 0 N–H and O–H groups in total. The lowest BCUT2D eigenvalue weighted by Crippen LogP contribution is -2.31. The van der Waals surface area contributed by atoms with E-state index in [4.69, 9.17) is 21.1 Å². The number of carbonyl (C=O) groups is 3. The van der Waals surface area contributed by atoms with Gasteiger partial charge in [0, 0.05) is 17.9 Å². The minimum absolute atomic E-state index is 0.0338. The number of benzene rings is 1. The molecule has 176 valence electrons. The van der Waals surface area contributed by atoms with Gasteiger partial charge in [-0.1, -0.05) is 69.4 Å². The SMILES string of the molecule is CC=CC=CC(=O)C(C)C(CCOC(=O)c1ccc(Cl)cc1)OC(=O)CCCCCCC. The molecule has 0 aliphatic rings. The van der Waals surface area contributed by atoms with Crippen LogP contribution in [-0.2, 0) is 19.1 Å². The first kappa shape index (κ1) is 27.6. The molecule has 32 heavy (non-hydrogen) atoms. The molecule has 0 saturated carbocycles. The van der Waals surface area contributed by atoms with Gasteiger partial charge >= 0.3 is 11.9 Å². The average Bonchev–Trinajstić information content (AvgIpc) is 2.78. The maximum absolute atomic E-state index is 12.5. The van der Waals surface area contributed by atoms with Gasteiger partial charge in [-0.3, -0.25) is 9.59 Å². The van der Waals surface area contributed by atoms with E-state index < -0.39 is 18.0 Å². The number of hydrogen-bond acceptors (Lipinski definition) is 5. The molecule has 5 nitrogen and oxygen atoms in total. The van der Waals surface area contributed by atoms with Crippen LogP contribution in [0.2, 0.25) is 5.02 Å². The van der Waals surface area contributed by atoms with Crippen LogP contribution in [0.15, 0.2) is 48.6 Å². The lowest BCUT2D eigenvalue weighted by Gasteiger charge is -2.22. The number of allylic oxidation sites excluding steroid dienone is 4. The minimum atomic E-state index is -0.668. The van der Waals surface area contributed by atoms with E-state index in [-0.39, 0.29) is 24.8 Å². The second-order valence-corrected chi connectivity index (χ2v) is 8.14. The first-order valence-electron chi connectivity index (χ1n) is 11.3. The van der Waals surface area contributed by atoms with E-state index in [0.717, 1.165) is 32.1 Å². The van der Waals surface area contributed by atoms with Gasteiger partial charge in [-0.15, -0.1) is 0 Å². The Labute approximate surface area is 196 Å². The van der Waals surface area contributed by atoms with Crippen LogP contribution in [0.4, 0.5) is 0 Å². The van der Waals surface area contributed by atoms with Crippen molar-refractivity contribution in [3.8, 4) is 0 Å². The van der Waals surface area contributed by atoms with Crippen molar-refractivity contribution >= 4 is 29.3 Å². The van der Waals surface area contributed by atoms with E-state index in [0.29, 0.717) is 17.0 Å². The van der Waals surface area contributed by atoms with Crippen molar-refractivity contribution in [3.05, 3.63) is 59.2 Å². The van der Waals surface area contributed by atoms with E-state index in [1.807, 2.05) is 13.0 Å². The normalized spacial score (nSPS) is 13.2. The number of unbranched alkanes of at least 4 members (excludes halogenated alkanes) is 4. The van der Waals surface area contributed by atoms with Crippen molar-refractivity contribution in [3.63, 3.8) is 0 Å². The molecule has 1 aromatic carbocycles. The molecule has 0 aromatic heterocycles. The fourth-order valence-corrected chi connectivity index (χ4v) is 3.17. The predicted octanol–water partition coefficient (Wildman–Crippen LogP) is 6.50. The number of rotatable bonds is 15. The van der Waals surface area contributed by atoms with Gasteiger partial charge < -0.3 is 9.47 Å². The van der Waals surface area contributed by atoms with E-state index in [2.05, 4.69) is 6.92 Å². The minimum Gasteiger partial charge on any atom is -0.462 e. The number of halogens is 1. The fraction of sp³-hybridized carbons (Fsp3) is 0.500. The highest BCUT2D eigenvalue weighted by Crippen LogP contribution is 2.17. The molecule has 0 amide bonds. The van der Waals surface area contributed by atoms with Gasteiger partial charge in [0.1, 0.15) is 6.10 Å². The molecule has 1 aromatic rings. The smallest absolute Gasteiger partial charge is 0.338 e. The molecule has 0 saturated heterocycles. The summed E-state index contributed by atoms with van der Waals surface area (Å²) in [5.74, 6) is -1.51. The summed E-state index contributed by atoms with van der Waals surface area (Å²) >= 11 is 5.84. The molecular formula is C26H35ClO5. The van der Waals surface area contributed by atoms with Crippen LogP contribution in [0.3, 0.4) is 0 Å². The molecule has 1 rings (SSSR count). The monoisotopic (exact) mass is 462 g/mol. The summed E-state index contributed by atoms with van der Waals surface area (Å²) in [5, 5.41) is 0.529. The standard InChI is InChI=1S/C26H35ClO5/c1-4-6-8-9-11-13-25(29)32-24(20(3)23(28)12-10-7-5-2)18-19-31-26(30)21-14-16-22(27)17-15-21/h5,7,10,12,14-17,20,24H,4,6,8-9,11,13,18-19H2,1-3H3. The number of carbonyl (C=O) groups excluding carboxylic acids is 3. The maximum atomic E-state index is 12.5. The summed E-state index contributed by atoms with van der Waals surface area (Å²) in [6, 6.07) is 6.39. The van der Waals surface area contributed by atoms with Crippen LogP contribution in [-0.4, -0.2) is 30.4 Å². The van der Waals surface area contributed by atoms with Crippen LogP contribution < -0.4 is 0 Å². The number of hydrogen-bond donors (Lipinski definition) is 0. The van der Waals surface area contributed by atoms with E-state index in [1.165, 1.54) is 6.08 Å². The number of ketones is 1. The Hall–Kier alpha value is -2.40. The quantitative estimate of drug-likeness (QED) is 0.129. The Morgan fingerprint density at radius 3 is 2.38 bits per heavy atom. The zero-order chi connectivity index (χ0) is 23.8. The highest BCUT2D eigenvalue weighted by Gasteiger charge is 2.26. The molecule has 6 heteroatoms. The Morgan fingerprint density at radius 2 is 1.72 bits per heavy atom. The van der Waals surface area contributed by atoms with Crippen LogP contribution in [0.1, 0.15) is 76.1 Å². The van der Waals surface area contributed by atoms with Gasteiger partial charge in [0.15, 0.2) is 5.78 Å². The van der Waals surface area contributed by atoms with Crippen molar-refractivity contribution in [2.24, 2.45) is 5.92 Å². The summed E-state index contributed by atoms with van der Waals surface area (Å²) in [6.07, 6.45) is 11.7. The van der Waals surface area contributed by atoms with Crippen molar-refractivity contribution < 1.29 is 23.9 Å². The van der Waals surface area contributed by atoms with Crippen molar-refractivity contribution in [2.75, 3.05) is 6.61 Å². The average molecular weight is 463 g/mol. The molecule has 0 spiro atoms. The number of esters is 2. The highest BCUT2D eigenvalue weighted by molar-refractivity contribution is 6.30. The molecule has 2 atom stereocenters. The van der Waals surface area contributed by atoms with Crippen LogP contribution in [0.25, 0.3) is 0 Å². The summed E-state index contributed by atoms with van der Waals surface area (Å²) in [5.41, 5.74) is 0.383. The Morgan fingerprint density at radius 1 is 1.03 bits per heavy atom. The molecule has 0 radical (unpaired) electrons. The fourth-order valence-electron chi connectivity index (χ4n) is 3.05. The topological polar surface area (TPSA) is 69.7 Å². The first-order valence-corrected chi connectivity index (χ1v) is 11.7. The van der Waals surface area contributed by atoms with Gasteiger partial charge in [0.2, 0.25) is 0 Å². The molecule has 0 heterocycles. The van der Waals surface area contributed by atoms with Crippen LogP contribution in [0.5, 0.6) is 0 Å². The molecule has 0 aliphatic carbocycles. The first-order chi connectivity index (χ1) is 15.4. The molecular weight excluding hydrogens is 428 g/mol. The van der Waals surface area contributed by atoms with E-state index >= 15 is 0 Å². The largest absolute Gasteiger partial charge is 0.462 e. The van der Waals surface area contributed by atoms with Gasteiger partial charge in [0.25, 0.3) is 0 Å². The van der Waals surface area contributed by atoms with E-state index in [9.17, 15) is 14.4 Å². The molecule has 0 fully saturated rings. The lowest BCUT2D eigenvalue weighted by molar-refractivity contribution is -0.153. The number of ether oxygens (including phenoxy) is 2. The zero-order valence-corrected chi connectivity index (χ0v) is 20.1. The van der Waals surface area contributed by atoms with Crippen molar-refractivity contribution in [2.45, 2.75) is 71.8 Å². The van der Waals surface area contributed by atoms with Crippen molar-refractivity contribution in [1.82, 2.24) is 0 Å². The third-order valence-electron chi connectivity index (χ3n) is 5.05. The Balaban J connectivity index is 2.67. The second kappa shape index (κ2) is 16.3.